The first-order valence-electron chi connectivity index (χ1n) is 16.0. The molecule has 0 unspecified atom stereocenters. The van der Waals surface area contributed by atoms with Gasteiger partial charge in [-0.15, -0.1) is 16.4 Å². The second-order valence-corrected chi connectivity index (χ2v) is 11.2. The van der Waals surface area contributed by atoms with Crippen molar-refractivity contribution in [2.24, 2.45) is 5.73 Å². The minimum atomic E-state index is 0.487. The molecule has 1 aromatic carbocycles. The summed E-state index contributed by atoms with van der Waals surface area (Å²) >= 11 is 1.63. The number of aromatic nitrogens is 5. The number of rotatable bonds is 25. The zero-order valence-electron chi connectivity index (χ0n) is 27.4. The largest absolute Gasteiger partial charge is 0.378 e. The number of anilines is 2. The summed E-state index contributed by atoms with van der Waals surface area (Å²) < 4.78 is 34.6. The van der Waals surface area contributed by atoms with Crippen molar-refractivity contribution in [2.75, 3.05) is 97.3 Å². The number of pyridine rings is 1. The van der Waals surface area contributed by atoms with Gasteiger partial charge in [0.25, 0.3) is 0 Å². The minimum absolute atomic E-state index is 0.487. The van der Waals surface area contributed by atoms with E-state index in [1.165, 1.54) is 5.56 Å². The highest BCUT2D eigenvalue weighted by atomic mass is 32.1. The molecule has 0 fully saturated rings. The van der Waals surface area contributed by atoms with Crippen LogP contribution in [0.2, 0.25) is 0 Å². The van der Waals surface area contributed by atoms with Crippen LogP contribution in [0.1, 0.15) is 12.5 Å². The van der Waals surface area contributed by atoms with Crippen LogP contribution in [0, 0.1) is 6.92 Å². The third kappa shape index (κ3) is 13.0. The van der Waals surface area contributed by atoms with Gasteiger partial charge >= 0.3 is 0 Å². The molecule has 4 aromatic rings. The Morgan fingerprint density at radius 2 is 1.40 bits per heavy atom. The van der Waals surface area contributed by atoms with E-state index in [0.29, 0.717) is 98.1 Å². The Morgan fingerprint density at radius 1 is 0.766 bits per heavy atom. The van der Waals surface area contributed by atoms with Gasteiger partial charge in [-0.05, 0) is 43.7 Å². The molecule has 3 heterocycles. The van der Waals surface area contributed by atoms with Crippen molar-refractivity contribution < 1.29 is 28.4 Å². The van der Waals surface area contributed by atoms with E-state index in [1.807, 2.05) is 18.3 Å². The molecule has 0 saturated carbocycles. The van der Waals surface area contributed by atoms with Crippen LogP contribution in [0.15, 0.2) is 54.2 Å². The lowest BCUT2D eigenvalue weighted by Crippen LogP contribution is -2.15. The fourth-order valence-corrected chi connectivity index (χ4v) is 5.36. The van der Waals surface area contributed by atoms with Gasteiger partial charge in [0, 0.05) is 35.9 Å². The maximum atomic E-state index is 5.69. The van der Waals surface area contributed by atoms with Crippen molar-refractivity contribution in [1.82, 2.24) is 25.0 Å². The summed E-state index contributed by atoms with van der Waals surface area (Å²) in [7, 11) is 0. The number of hydrogen-bond donors (Lipinski definition) is 1. The summed E-state index contributed by atoms with van der Waals surface area (Å²) in [5.41, 5.74) is 11.0. The van der Waals surface area contributed by atoms with Crippen molar-refractivity contribution in [3.63, 3.8) is 0 Å². The molecule has 0 aliphatic carbocycles. The third-order valence-electron chi connectivity index (χ3n) is 6.80. The lowest BCUT2D eigenvalue weighted by atomic mass is 10.1. The molecule has 0 radical (unpaired) electrons. The third-order valence-corrected chi connectivity index (χ3v) is 7.66. The molecule has 13 nitrogen and oxygen atoms in total. The Labute approximate surface area is 280 Å². The van der Waals surface area contributed by atoms with Crippen molar-refractivity contribution in [1.29, 1.82) is 0 Å². The molecule has 47 heavy (non-hydrogen) atoms. The molecule has 2 N–H and O–H groups in total. The summed E-state index contributed by atoms with van der Waals surface area (Å²) in [4.78, 5) is 11.7. The molecule has 0 saturated heterocycles. The van der Waals surface area contributed by atoms with Crippen molar-refractivity contribution in [2.45, 2.75) is 20.4 Å². The number of aryl methyl sites for hydroxylation is 1. The zero-order chi connectivity index (χ0) is 32.9. The van der Waals surface area contributed by atoms with Crippen LogP contribution in [-0.2, 0) is 35.0 Å². The van der Waals surface area contributed by atoms with Crippen molar-refractivity contribution in [3.8, 4) is 22.6 Å². The van der Waals surface area contributed by atoms with Crippen molar-refractivity contribution in [3.05, 3.63) is 59.7 Å². The van der Waals surface area contributed by atoms with E-state index >= 15 is 0 Å². The predicted octanol–water partition coefficient (Wildman–Crippen LogP) is 3.99. The summed E-state index contributed by atoms with van der Waals surface area (Å²) in [5, 5.41) is 11.6. The Kier molecular flexibility index (Phi) is 16.7. The number of nitrogens with zero attached hydrogens (tertiary/aromatic N) is 6. The molecule has 0 aliphatic heterocycles. The van der Waals surface area contributed by atoms with E-state index in [0.717, 1.165) is 34.3 Å². The van der Waals surface area contributed by atoms with Crippen LogP contribution in [0.4, 0.5) is 10.8 Å². The van der Waals surface area contributed by atoms with E-state index in [2.05, 4.69) is 63.7 Å². The molecule has 0 aliphatic rings. The fraction of sp³-hybridized carbons (Fsp3) is 0.515. The molecule has 0 atom stereocenters. The van der Waals surface area contributed by atoms with Gasteiger partial charge in [-0.2, -0.15) is 0 Å². The van der Waals surface area contributed by atoms with Crippen LogP contribution in [0.25, 0.3) is 22.6 Å². The number of thiazole rings is 1. The molecular weight excluding hydrogens is 622 g/mol. The average Bonchev–Trinajstić information content (AvgIpc) is 3.77. The highest BCUT2D eigenvalue weighted by molar-refractivity contribution is 7.14. The van der Waals surface area contributed by atoms with Gasteiger partial charge in [-0.1, -0.05) is 17.3 Å². The first kappa shape index (κ1) is 36.5. The molecule has 3 aromatic heterocycles. The Bertz CT molecular complexity index is 1420. The Balaban J connectivity index is 1.07. The van der Waals surface area contributed by atoms with Gasteiger partial charge in [0.2, 0.25) is 0 Å². The van der Waals surface area contributed by atoms with E-state index in [-0.39, 0.29) is 0 Å². The summed E-state index contributed by atoms with van der Waals surface area (Å²) in [6, 6.07) is 12.4. The van der Waals surface area contributed by atoms with Crippen LogP contribution < -0.4 is 10.6 Å². The topological polar surface area (TPSA) is 141 Å². The maximum Gasteiger partial charge on any atom is 0.190 e. The van der Waals surface area contributed by atoms with Crippen molar-refractivity contribution >= 4 is 22.2 Å². The first-order chi connectivity index (χ1) is 23.2. The summed E-state index contributed by atoms with van der Waals surface area (Å²) in [6.07, 6.45) is 3.66. The first-order valence-corrected chi connectivity index (χ1v) is 16.9. The van der Waals surface area contributed by atoms with Crippen LogP contribution in [0.3, 0.4) is 0 Å². The van der Waals surface area contributed by atoms with Gasteiger partial charge in [-0.25, -0.2) is 9.67 Å². The molecule has 14 heteroatoms. The molecular formula is C33H47N7O6S. The second-order valence-electron chi connectivity index (χ2n) is 10.4. The molecule has 0 spiro atoms. The normalized spacial score (nSPS) is 11.4. The molecule has 256 valence electrons. The molecule has 0 amide bonds. The number of hydrogen-bond acceptors (Lipinski definition) is 13. The monoisotopic (exact) mass is 669 g/mol. The SMILES string of the molecule is CCN(c1cccc(C)c1)c1nc(-c2ccnc(-c3cn(CCOCCOCCOCCOCCOCCOCCN)nn3)c2)cs1. The van der Waals surface area contributed by atoms with Gasteiger partial charge in [0.05, 0.1) is 103 Å². The second kappa shape index (κ2) is 21.5. The highest BCUT2D eigenvalue weighted by Crippen LogP contribution is 2.33. The van der Waals surface area contributed by atoms with Gasteiger partial charge in [-0.3, -0.25) is 4.98 Å². The Hall–Kier alpha value is -3.34. The summed E-state index contributed by atoms with van der Waals surface area (Å²) in [5.74, 6) is 0. The molecule has 0 bridgehead atoms. The smallest absolute Gasteiger partial charge is 0.190 e. The van der Waals surface area contributed by atoms with E-state index in [9.17, 15) is 0 Å². The molecule has 4 rings (SSSR count). The summed E-state index contributed by atoms with van der Waals surface area (Å²) in [6.45, 7) is 12.4. The fourth-order valence-electron chi connectivity index (χ4n) is 4.44. The lowest BCUT2D eigenvalue weighted by Gasteiger charge is -2.20. The van der Waals surface area contributed by atoms with Crippen LogP contribution in [-0.4, -0.2) is 117 Å². The number of nitrogens with two attached hydrogens (primary N) is 1. The zero-order valence-corrected chi connectivity index (χ0v) is 28.2. The number of benzene rings is 1. The van der Waals surface area contributed by atoms with Gasteiger partial charge < -0.3 is 39.1 Å². The lowest BCUT2D eigenvalue weighted by molar-refractivity contribution is -0.0167. The number of ether oxygens (including phenoxy) is 6. The average molecular weight is 670 g/mol. The standard InChI is InChI=1S/C33H47N7O6S/c1-3-40(29-6-4-5-27(2)23-29)33-36-32(26-47-33)28-7-9-35-30(24-28)31-25-39(38-37-31)10-12-42-14-16-44-18-20-46-22-21-45-19-17-43-15-13-41-11-8-34/h4-7,9,23-26H,3,8,10-22,34H2,1-2H3. The highest BCUT2D eigenvalue weighted by Gasteiger charge is 2.14. The Morgan fingerprint density at radius 3 is 2.02 bits per heavy atom. The van der Waals surface area contributed by atoms with Crippen LogP contribution >= 0.6 is 11.3 Å². The van der Waals surface area contributed by atoms with Crippen LogP contribution in [0.5, 0.6) is 0 Å². The minimum Gasteiger partial charge on any atom is -0.378 e. The van der Waals surface area contributed by atoms with Gasteiger partial charge in [0.15, 0.2) is 5.13 Å². The predicted molar refractivity (Wildman–Crippen MR) is 182 cm³/mol. The quantitative estimate of drug-likeness (QED) is 0.102. The maximum absolute atomic E-state index is 5.69. The van der Waals surface area contributed by atoms with E-state index < -0.39 is 0 Å². The van der Waals surface area contributed by atoms with Gasteiger partial charge in [0.1, 0.15) is 5.69 Å². The van der Waals surface area contributed by atoms with E-state index in [4.69, 9.17) is 39.1 Å². The van der Waals surface area contributed by atoms with E-state index in [1.54, 1.807) is 22.2 Å².